The number of rotatable bonds is 8. The van der Waals surface area contributed by atoms with Gasteiger partial charge in [-0.1, -0.05) is 13.8 Å². The maximum absolute atomic E-state index is 13.0. The van der Waals surface area contributed by atoms with Crippen molar-refractivity contribution in [1.29, 1.82) is 0 Å². The maximum atomic E-state index is 13.0. The predicted molar refractivity (Wildman–Crippen MR) is 117 cm³/mol. The fourth-order valence-electron chi connectivity index (χ4n) is 3.34. The summed E-state index contributed by atoms with van der Waals surface area (Å²) in [4.78, 5) is 12.1. The lowest BCUT2D eigenvalue weighted by molar-refractivity contribution is 0.0960. The van der Waals surface area contributed by atoms with Crippen LogP contribution >= 0.6 is 0 Å². The zero-order valence-electron chi connectivity index (χ0n) is 18.5. The monoisotopic (exact) mass is 434 g/mol. The Morgan fingerprint density at radius 2 is 1.60 bits per heavy atom. The second kappa shape index (κ2) is 9.49. The van der Waals surface area contributed by atoms with E-state index in [4.69, 9.17) is 9.47 Å². The molecule has 2 aromatic rings. The first-order chi connectivity index (χ1) is 14.0. The fourth-order valence-corrected chi connectivity index (χ4v) is 4.59. The molecule has 2 N–H and O–H groups in total. The van der Waals surface area contributed by atoms with Crippen LogP contribution in [0.1, 0.15) is 59.8 Å². The van der Waals surface area contributed by atoms with E-state index in [2.05, 4.69) is 23.9 Å². The van der Waals surface area contributed by atoms with Crippen LogP contribution in [0, 0.1) is 6.92 Å². The van der Waals surface area contributed by atoms with Crippen molar-refractivity contribution in [2.24, 2.45) is 0 Å². The van der Waals surface area contributed by atoms with Crippen molar-refractivity contribution < 1.29 is 22.7 Å². The van der Waals surface area contributed by atoms with Gasteiger partial charge in [0, 0.05) is 13.1 Å². The summed E-state index contributed by atoms with van der Waals surface area (Å²) in [5.74, 6) is 0.880. The van der Waals surface area contributed by atoms with Crippen LogP contribution in [-0.2, 0) is 10.0 Å². The topological polar surface area (TPSA) is 93.7 Å². The van der Waals surface area contributed by atoms with Gasteiger partial charge in [0.25, 0.3) is 5.91 Å². The molecule has 0 spiro atoms. The molecule has 0 bridgehead atoms. The van der Waals surface area contributed by atoms with Crippen molar-refractivity contribution in [3.63, 3.8) is 0 Å². The van der Waals surface area contributed by atoms with E-state index in [1.54, 1.807) is 14.0 Å². The van der Waals surface area contributed by atoms with Gasteiger partial charge in [0.15, 0.2) is 0 Å². The van der Waals surface area contributed by atoms with Gasteiger partial charge in [-0.25, -0.2) is 13.1 Å². The number of methoxy groups -OCH3 is 2. The first kappa shape index (κ1) is 23.7. The quantitative estimate of drug-likeness (QED) is 0.663. The molecule has 1 amide bonds. The standard InChI is InChI=1S/C22H30N2O5S/c1-13(2)17-12-18(14(3)10-21(17)29-7)15(4)24-30(26,27)16-8-9-20(28-6)19(11-16)22(25)23-5/h8-13,15,24H,1-7H3,(H,23,25)/t15-/m0/s1. The molecule has 7 nitrogen and oxygen atoms in total. The van der Waals surface area contributed by atoms with Crippen LogP contribution < -0.4 is 19.5 Å². The van der Waals surface area contributed by atoms with E-state index in [0.717, 1.165) is 22.4 Å². The van der Waals surface area contributed by atoms with Crippen LogP contribution in [-0.4, -0.2) is 35.6 Å². The van der Waals surface area contributed by atoms with E-state index >= 15 is 0 Å². The van der Waals surface area contributed by atoms with Crippen molar-refractivity contribution >= 4 is 15.9 Å². The maximum Gasteiger partial charge on any atom is 0.254 e. The Balaban J connectivity index is 2.42. The average Bonchev–Trinajstić information content (AvgIpc) is 2.71. The summed E-state index contributed by atoms with van der Waals surface area (Å²) in [6, 6.07) is 7.62. The molecule has 1 atom stereocenters. The molecule has 8 heteroatoms. The van der Waals surface area contributed by atoms with Gasteiger partial charge in [-0.3, -0.25) is 4.79 Å². The lowest BCUT2D eigenvalue weighted by Crippen LogP contribution is -2.28. The van der Waals surface area contributed by atoms with Crippen LogP contribution in [0.5, 0.6) is 11.5 Å². The van der Waals surface area contributed by atoms with E-state index in [1.807, 2.05) is 19.1 Å². The molecule has 0 radical (unpaired) electrons. The molecule has 0 aliphatic carbocycles. The zero-order chi connectivity index (χ0) is 22.6. The van der Waals surface area contributed by atoms with Crippen molar-refractivity contribution in [3.8, 4) is 11.5 Å². The van der Waals surface area contributed by atoms with Crippen molar-refractivity contribution in [1.82, 2.24) is 10.0 Å². The van der Waals surface area contributed by atoms with Crippen molar-refractivity contribution in [3.05, 3.63) is 52.6 Å². The Morgan fingerprint density at radius 1 is 0.967 bits per heavy atom. The number of aryl methyl sites for hydroxylation is 1. The van der Waals surface area contributed by atoms with E-state index in [9.17, 15) is 13.2 Å². The Kier molecular flexibility index (Phi) is 7.49. The zero-order valence-corrected chi connectivity index (χ0v) is 19.3. The summed E-state index contributed by atoms with van der Waals surface area (Å²) in [6.45, 7) is 7.83. The predicted octanol–water partition coefficient (Wildman–Crippen LogP) is 3.53. The largest absolute Gasteiger partial charge is 0.496 e. The molecule has 2 rings (SSSR count). The molecule has 0 aromatic heterocycles. The molecular formula is C22H30N2O5S. The molecule has 0 heterocycles. The lowest BCUT2D eigenvalue weighted by Gasteiger charge is -2.21. The Labute approximate surface area is 178 Å². The highest BCUT2D eigenvalue weighted by Gasteiger charge is 2.23. The fraction of sp³-hybridized carbons (Fsp3) is 0.409. The van der Waals surface area contributed by atoms with Gasteiger partial charge in [-0.2, -0.15) is 0 Å². The minimum absolute atomic E-state index is 0.0102. The number of carbonyl (C=O) groups is 1. The molecule has 0 aliphatic rings. The van der Waals surface area contributed by atoms with Crippen LogP contribution in [0.3, 0.4) is 0 Å². The Hall–Kier alpha value is -2.58. The van der Waals surface area contributed by atoms with E-state index in [-0.39, 0.29) is 16.4 Å². The third kappa shape index (κ3) is 4.94. The third-order valence-electron chi connectivity index (χ3n) is 4.99. The lowest BCUT2D eigenvalue weighted by atomic mass is 9.94. The van der Waals surface area contributed by atoms with Gasteiger partial charge in [0.1, 0.15) is 11.5 Å². The van der Waals surface area contributed by atoms with Crippen LogP contribution in [0.2, 0.25) is 0 Å². The molecular weight excluding hydrogens is 404 g/mol. The highest BCUT2D eigenvalue weighted by Crippen LogP contribution is 2.32. The molecule has 0 saturated heterocycles. The summed E-state index contributed by atoms with van der Waals surface area (Å²) in [6.07, 6.45) is 0. The number of benzene rings is 2. The number of hydrogen-bond donors (Lipinski definition) is 2. The molecule has 0 saturated carbocycles. The summed E-state index contributed by atoms with van der Waals surface area (Å²) in [5.41, 5.74) is 2.95. The molecule has 0 unspecified atom stereocenters. The van der Waals surface area contributed by atoms with Gasteiger partial charge in [-0.05, 0) is 66.8 Å². The minimum Gasteiger partial charge on any atom is -0.496 e. The van der Waals surface area contributed by atoms with Crippen molar-refractivity contribution in [2.75, 3.05) is 21.3 Å². The van der Waals surface area contributed by atoms with Gasteiger partial charge < -0.3 is 14.8 Å². The number of nitrogens with one attached hydrogen (secondary N) is 2. The molecule has 0 fully saturated rings. The number of amides is 1. The average molecular weight is 435 g/mol. The summed E-state index contributed by atoms with van der Waals surface area (Å²) >= 11 is 0. The summed E-state index contributed by atoms with van der Waals surface area (Å²) < 4.78 is 39.4. The normalized spacial score (nSPS) is 12.5. The Bertz CT molecular complexity index is 1030. The smallest absolute Gasteiger partial charge is 0.254 e. The molecule has 2 aromatic carbocycles. The number of sulfonamides is 1. The van der Waals surface area contributed by atoms with Gasteiger partial charge in [0.2, 0.25) is 10.0 Å². The van der Waals surface area contributed by atoms with Crippen LogP contribution in [0.15, 0.2) is 35.2 Å². The summed E-state index contributed by atoms with van der Waals surface area (Å²) in [5, 5.41) is 2.49. The van der Waals surface area contributed by atoms with E-state index < -0.39 is 22.0 Å². The van der Waals surface area contributed by atoms with Gasteiger partial charge in [0.05, 0.1) is 24.7 Å². The second-order valence-corrected chi connectivity index (χ2v) is 9.10. The van der Waals surface area contributed by atoms with Gasteiger partial charge in [-0.15, -0.1) is 0 Å². The first-order valence-electron chi connectivity index (χ1n) is 9.66. The minimum atomic E-state index is -3.88. The highest BCUT2D eigenvalue weighted by atomic mass is 32.2. The first-order valence-corrected chi connectivity index (χ1v) is 11.1. The van der Waals surface area contributed by atoms with E-state index in [0.29, 0.717) is 5.75 Å². The van der Waals surface area contributed by atoms with Crippen LogP contribution in [0.4, 0.5) is 0 Å². The third-order valence-corrected chi connectivity index (χ3v) is 6.53. The molecule has 164 valence electrons. The molecule has 30 heavy (non-hydrogen) atoms. The number of hydrogen-bond acceptors (Lipinski definition) is 5. The Morgan fingerprint density at radius 3 is 2.13 bits per heavy atom. The second-order valence-electron chi connectivity index (χ2n) is 7.39. The van der Waals surface area contributed by atoms with E-state index in [1.165, 1.54) is 32.4 Å². The van der Waals surface area contributed by atoms with Crippen LogP contribution in [0.25, 0.3) is 0 Å². The van der Waals surface area contributed by atoms with Gasteiger partial charge >= 0.3 is 0 Å². The summed E-state index contributed by atoms with van der Waals surface area (Å²) in [7, 11) is 0.646. The number of carbonyl (C=O) groups excluding carboxylic acids is 1. The molecule has 0 aliphatic heterocycles. The highest BCUT2D eigenvalue weighted by molar-refractivity contribution is 7.89. The van der Waals surface area contributed by atoms with Crippen molar-refractivity contribution in [2.45, 2.75) is 44.6 Å². The SMILES string of the molecule is CNC(=O)c1cc(S(=O)(=O)N[C@@H](C)c2cc(C(C)C)c(OC)cc2C)ccc1OC. The number of ether oxygens (including phenoxy) is 2.